The van der Waals surface area contributed by atoms with Crippen LogP contribution in [-0.4, -0.2) is 99.7 Å². The highest BCUT2D eigenvalue weighted by molar-refractivity contribution is 6.35. The highest BCUT2D eigenvalue weighted by Gasteiger charge is 2.52. The predicted molar refractivity (Wildman–Crippen MR) is 146 cm³/mol. The van der Waals surface area contributed by atoms with E-state index in [1.54, 1.807) is 0 Å². The van der Waals surface area contributed by atoms with Crippen molar-refractivity contribution in [2.75, 3.05) is 31.8 Å². The Labute approximate surface area is 253 Å². The van der Waals surface area contributed by atoms with Crippen LogP contribution in [0, 0.1) is 17.5 Å². The van der Waals surface area contributed by atoms with Gasteiger partial charge in [0, 0.05) is 35.0 Å². The van der Waals surface area contributed by atoms with Gasteiger partial charge in [0.05, 0.1) is 31.6 Å². The third-order valence-electron chi connectivity index (χ3n) is 7.46. The summed E-state index contributed by atoms with van der Waals surface area (Å²) in [5, 5.41) is 40.4. The van der Waals surface area contributed by atoms with E-state index in [-0.39, 0.29) is 46.6 Å². The number of aliphatic hydroxyl groups excluding tert-OH is 3. The number of hydrogen-bond donors (Lipinski definition) is 3. The van der Waals surface area contributed by atoms with Gasteiger partial charge in [-0.05, 0) is 36.8 Å². The van der Waals surface area contributed by atoms with Gasteiger partial charge in [0.1, 0.15) is 30.0 Å². The number of anilines is 1. The Bertz CT molecular complexity index is 1440. The highest BCUT2D eigenvalue weighted by atomic mass is 35.5. The lowest BCUT2D eigenvalue weighted by atomic mass is 9.91. The summed E-state index contributed by atoms with van der Waals surface area (Å²) in [5.41, 5.74) is 0.00867. The molecule has 2 aliphatic rings. The molecule has 0 aliphatic carbocycles. The van der Waals surface area contributed by atoms with E-state index in [0.717, 1.165) is 16.8 Å². The largest absolute Gasteiger partial charge is 0.394 e. The zero-order chi connectivity index (χ0) is 31.0. The summed E-state index contributed by atoms with van der Waals surface area (Å²) in [6.07, 6.45) is -5.15. The van der Waals surface area contributed by atoms with Crippen molar-refractivity contribution >= 4 is 34.8 Å². The Kier molecular flexibility index (Phi) is 9.58. The van der Waals surface area contributed by atoms with E-state index in [0.29, 0.717) is 0 Å². The number of nitrogens with zero attached hydrogens (tertiary/aromatic N) is 4. The number of carbonyl (C=O) groups excluding carboxylic acids is 1. The number of benzene rings is 2. The number of rotatable bonds is 7. The van der Waals surface area contributed by atoms with Gasteiger partial charge in [-0.25, -0.2) is 17.9 Å². The van der Waals surface area contributed by atoms with Crippen LogP contribution < -0.4 is 4.90 Å². The Morgan fingerprint density at radius 2 is 1.81 bits per heavy atom. The average Bonchev–Trinajstić information content (AvgIpc) is 3.45. The van der Waals surface area contributed by atoms with Crippen LogP contribution in [-0.2, 0) is 19.0 Å². The van der Waals surface area contributed by atoms with Crippen molar-refractivity contribution in [3.63, 3.8) is 0 Å². The second-order valence-corrected chi connectivity index (χ2v) is 11.0. The van der Waals surface area contributed by atoms with Crippen LogP contribution in [0.5, 0.6) is 0 Å². The minimum Gasteiger partial charge on any atom is -0.394 e. The molecule has 3 heterocycles. The monoisotopic (exact) mass is 646 g/mol. The lowest BCUT2D eigenvalue weighted by Gasteiger charge is -2.46. The molecule has 7 atom stereocenters. The lowest BCUT2D eigenvalue weighted by molar-refractivity contribution is -0.211. The fourth-order valence-corrected chi connectivity index (χ4v) is 5.89. The first-order valence-corrected chi connectivity index (χ1v) is 13.9. The van der Waals surface area contributed by atoms with E-state index >= 15 is 0 Å². The summed E-state index contributed by atoms with van der Waals surface area (Å²) in [7, 11) is 1.26. The molecule has 232 valence electrons. The van der Waals surface area contributed by atoms with Gasteiger partial charge in [0.15, 0.2) is 23.6 Å². The first-order chi connectivity index (χ1) is 20.5. The second kappa shape index (κ2) is 13.0. The summed E-state index contributed by atoms with van der Waals surface area (Å²) >= 11 is 12.5. The normalized spacial score (nSPS) is 27.7. The van der Waals surface area contributed by atoms with E-state index in [1.165, 1.54) is 36.4 Å². The Morgan fingerprint density at radius 1 is 1.14 bits per heavy atom. The van der Waals surface area contributed by atoms with E-state index in [1.807, 2.05) is 0 Å². The maximum Gasteiger partial charge on any atom is 0.259 e. The van der Waals surface area contributed by atoms with Crippen LogP contribution in [0.1, 0.15) is 12.5 Å². The van der Waals surface area contributed by atoms with Crippen LogP contribution in [0.3, 0.4) is 0 Å². The Morgan fingerprint density at radius 3 is 2.42 bits per heavy atom. The van der Waals surface area contributed by atoms with Gasteiger partial charge in [-0.3, -0.25) is 4.79 Å². The zero-order valence-corrected chi connectivity index (χ0v) is 24.0. The molecule has 3 aromatic rings. The fourth-order valence-electron chi connectivity index (χ4n) is 5.37. The second-order valence-electron chi connectivity index (χ2n) is 10.1. The summed E-state index contributed by atoms with van der Waals surface area (Å²) in [6.45, 7) is -0.478. The van der Waals surface area contributed by atoms with Gasteiger partial charge in [0.25, 0.3) is 5.91 Å². The third kappa shape index (κ3) is 6.24. The van der Waals surface area contributed by atoms with Gasteiger partial charge in [0.2, 0.25) is 0 Å². The summed E-state index contributed by atoms with van der Waals surface area (Å²) in [4.78, 5) is 15.6. The lowest BCUT2D eigenvalue weighted by Crippen LogP contribution is -2.64. The molecule has 0 radical (unpaired) electrons. The van der Waals surface area contributed by atoms with E-state index in [2.05, 4.69) is 10.3 Å². The maximum absolute atomic E-state index is 14.4. The minimum absolute atomic E-state index is 0.0336. The first-order valence-electron chi connectivity index (χ1n) is 13.1. The van der Waals surface area contributed by atoms with Crippen molar-refractivity contribution < 1.29 is 47.5 Å². The van der Waals surface area contributed by atoms with Crippen molar-refractivity contribution in [1.82, 2.24) is 15.0 Å². The van der Waals surface area contributed by atoms with Crippen LogP contribution in [0.4, 0.5) is 18.9 Å². The number of methoxy groups -OCH3 is 1. The number of ether oxygens (including phenoxy) is 3. The van der Waals surface area contributed by atoms with Gasteiger partial charge in [-0.2, -0.15) is 0 Å². The van der Waals surface area contributed by atoms with Gasteiger partial charge in [-0.15, -0.1) is 5.10 Å². The quantitative estimate of drug-likeness (QED) is 0.331. The molecule has 0 spiro atoms. The van der Waals surface area contributed by atoms with Crippen LogP contribution in [0.2, 0.25) is 10.0 Å². The molecule has 2 fully saturated rings. The van der Waals surface area contributed by atoms with Crippen LogP contribution in [0.25, 0.3) is 11.3 Å². The van der Waals surface area contributed by atoms with E-state index in [4.69, 9.17) is 37.4 Å². The van der Waals surface area contributed by atoms with Crippen LogP contribution in [0.15, 0.2) is 36.5 Å². The molecule has 2 aliphatic heterocycles. The zero-order valence-electron chi connectivity index (χ0n) is 22.5. The SMILES string of the molecule is CO[C@@H]1[C@@H](n2cc(-c3cc(F)c(F)c(F)c3)nn2)[C@@H](O)[C@@H](CO)O[C@H]1C(=O)N(c1cc(Cl)cc(Cl)c1)[C@@H]1COCC[C@H]1O. The molecule has 0 unspecified atom stereocenters. The van der Waals surface area contributed by atoms with Crippen molar-refractivity contribution in [2.24, 2.45) is 0 Å². The van der Waals surface area contributed by atoms with Crippen molar-refractivity contribution in [3.8, 4) is 11.3 Å². The molecule has 11 nitrogen and oxygen atoms in total. The molecule has 2 aromatic carbocycles. The van der Waals surface area contributed by atoms with Gasteiger partial charge < -0.3 is 34.4 Å². The van der Waals surface area contributed by atoms with Gasteiger partial charge in [-0.1, -0.05) is 28.4 Å². The van der Waals surface area contributed by atoms with Crippen molar-refractivity contribution in [3.05, 3.63) is 64.0 Å². The fraction of sp³-hybridized carbons (Fsp3) is 0.444. The number of hydrogen-bond acceptors (Lipinski definition) is 9. The molecule has 1 amide bonds. The van der Waals surface area contributed by atoms with Crippen molar-refractivity contribution in [2.45, 2.75) is 49.0 Å². The molecule has 5 rings (SSSR count). The summed E-state index contributed by atoms with van der Waals surface area (Å²) < 4.78 is 59.5. The first kappa shape index (κ1) is 31.6. The molecule has 3 N–H and O–H groups in total. The highest BCUT2D eigenvalue weighted by Crippen LogP contribution is 2.36. The number of amides is 1. The predicted octanol–water partition coefficient (Wildman–Crippen LogP) is 2.53. The standard InChI is InChI=1S/C27H27Cl2F3N4O7/c1-41-25-23(35-9-18(33-34-35)12-4-16(30)22(32)17(31)5-12)24(39)21(10-37)43-26(25)27(40)36(19-11-42-3-2-20(19)38)15-7-13(28)6-14(29)8-15/h4-9,19-21,23-26,37-39H,2-3,10-11H2,1H3/t19-,20-,21-,23+,24+,25-,26-/m1/s1. The molecule has 16 heteroatoms. The van der Waals surface area contributed by atoms with E-state index < -0.39 is 72.6 Å². The molecule has 2 saturated heterocycles. The molecule has 43 heavy (non-hydrogen) atoms. The van der Waals surface area contributed by atoms with Crippen LogP contribution >= 0.6 is 23.2 Å². The third-order valence-corrected chi connectivity index (χ3v) is 7.90. The smallest absolute Gasteiger partial charge is 0.259 e. The Hall–Kier alpha value is -2.82. The average molecular weight is 647 g/mol. The number of carbonyl (C=O) groups is 1. The number of halogens is 5. The molecule has 1 aromatic heterocycles. The molecule has 0 saturated carbocycles. The minimum atomic E-state index is -1.65. The Balaban J connectivity index is 1.55. The van der Waals surface area contributed by atoms with Crippen molar-refractivity contribution in [1.29, 1.82) is 0 Å². The topological polar surface area (TPSA) is 139 Å². The van der Waals surface area contributed by atoms with Gasteiger partial charge >= 0.3 is 0 Å². The molecule has 0 bridgehead atoms. The molecular weight excluding hydrogens is 620 g/mol. The maximum atomic E-state index is 14.4. The summed E-state index contributed by atoms with van der Waals surface area (Å²) in [5.74, 6) is -5.27. The summed E-state index contributed by atoms with van der Waals surface area (Å²) in [6, 6.07) is 3.75. The number of aromatic nitrogens is 3. The number of aliphatic hydroxyl groups is 3. The molecular formula is C27H27Cl2F3N4O7. The van der Waals surface area contributed by atoms with E-state index in [9.17, 15) is 33.3 Å².